The minimum absolute atomic E-state index is 0.0957. The molecular weight excluding hydrogens is 1020 g/mol. The number of carbonyl (C=O) groups is 3. The Morgan fingerprint density at radius 1 is 0.253 bits per heavy atom. The Kier molecular flexibility index (Phi) is 66.3. The van der Waals surface area contributed by atoms with E-state index in [0.717, 1.165) is 122 Å². The van der Waals surface area contributed by atoms with Gasteiger partial charge >= 0.3 is 17.9 Å². The van der Waals surface area contributed by atoms with E-state index >= 15 is 0 Å². The first kappa shape index (κ1) is 78.5. The lowest BCUT2D eigenvalue weighted by molar-refractivity contribution is -0.167. The molecule has 1 unspecified atom stereocenters. The summed E-state index contributed by atoms with van der Waals surface area (Å²) in [5.74, 6) is -0.931. The van der Waals surface area contributed by atoms with Gasteiger partial charge in [-0.2, -0.15) is 0 Å². The number of unbranched alkanes of at least 4 members (excludes halogenated alkanes) is 29. The lowest BCUT2D eigenvalue weighted by Gasteiger charge is -2.18. The molecule has 0 amide bonds. The van der Waals surface area contributed by atoms with E-state index in [-0.39, 0.29) is 37.5 Å². The largest absolute Gasteiger partial charge is 0.462 e. The van der Waals surface area contributed by atoms with Crippen LogP contribution in [0.25, 0.3) is 0 Å². The number of rotatable bonds is 62. The minimum atomic E-state index is -0.806. The maximum absolute atomic E-state index is 12.9. The highest BCUT2D eigenvalue weighted by molar-refractivity contribution is 5.71. The summed E-state index contributed by atoms with van der Waals surface area (Å²) in [6.45, 7) is 6.41. The van der Waals surface area contributed by atoms with Crippen LogP contribution in [0.3, 0.4) is 0 Å². The molecule has 6 nitrogen and oxygen atoms in total. The van der Waals surface area contributed by atoms with E-state index in [1.807, 2.05) is 0 Å². The molecule has 83 heavy (non-hydrogen) atoms. The fourth-order valence-corrected chi connectivity index (χ4v) is 9.53. The number of allylic oxidation sites excluding steroid dienone is 22. The van der Waals surface area contributed by atoms with Gasteiger partial charge in [0, 0.05) is 19.3 Å². The van der Waals surface area contributed by atoms with Gasteiger partial charge in [0.1, 0.15) is 13.2 Å². The van der Waals surface area contributed by atoms with Crippen LogP contribution in [0.2, 0.25) is 0 Å². The van der Waals surface area contributed by atoms with Crippen LogP contribution >= 0.6 is 0 Å². The maximum atomic E-state index is 12.9. The first-order valence-electron chi connectivity index (χ1n) is 34.7. The molecule has 0 aromatic rings. The molecule has 0 heterocycles. The zero-order valence-electron chi connectivity index (χ0n) is 54.2. The standard InChI is InChI=1S/C77H128O6/c1-4-7-10-13-16-19-22-25-28-30-32-34-35-36-37-38-39-40-41-43-44-46-49-52-55-58-61-64-67-70-76(79)82-73-74(72-81-75(78)69-66-63-60-57-54-51-48-27-24-21-18-15-12-9-6-3)83-77(80)71-68-65-62-59-56-53-50-47-45-42-33-31-29-26-23-20-17-14-11-8-5-2/h7-8,10-11,16-17,19-20,25-26,28-29,32-34,36-37,42,47,50,56,59,74H,4-6,9,12-15,18,21-24,27,30-31,35,38-41,43-46,48-49,51-55,57-58,60-73H2,1-3H3/b10-7-,11-8-,19-16-,20-17-,28-25-,29-26-,34-32-,37-36-,42-33-,50-47-,59-56-. The van der Waals surface area contributed by atoms with Crippen LogP contribution in [0.1, 0.15) is 316 Å². The Balaban J connectivity index is 4.37. The third-order valence-corrected chi connectivity index (χ3v) is 14.7. The van der Waals surface area contributed by atoms with Gasteiger partial charge in [-0.05, 0) is 116 Å². The van der Waals surface area contributed by atoms with Gasteiger partial charge in [0.25, 0.3) is 0 Å². The van der Waals surface area contributed by atoms with Gasteiger partial charge in [-0.3, -0.25) is 14.4 Å². The van der Waals surface area contributed by atoms with E-state index in [2.05, 4.69) is 154 Å². The molecule has 0 rings (SSSR count). The third-order valence-electron chi connectivity index (χ3n) is 14.7. The number of carbonyl (C=O) groups excluding carboxylic acids is 3. The summed E-state index contributed by atoms with van der Waals surface area (Å²) in [6, 6.07) is 0. The molecule has 0 saturated heterocycles. The monoisotopic (exact) mass is 1150 g/mol. The smallest absolute Gasteiger partial charge is 0.306 e. The third kappa shape index (κ3) is 68.2. The zero-order chi connectivity index (χ0) is 59.9. The van der Waals surface area contributed by atoms with Crippen molar-refractivity contribution in [1.29, 1.82) is 0 Å². The fraction of sp³-hybridized carbons (Fsp3) is 0.675. The number of esters is 3. The van der Waals surface area contributed by atoms with Crippen molar-refractivity contribution in [3.63, 3.8) is 0 Å². The molecule has 0 fully saturated rings. The average molecular weight is 1150 g/mol. The molecule has 1 atom stereocenters. The SMILES string of the molecule is CC/C=C\C/C=C\C/C=C\C/C=C\C/C=C\C/C=C\CCCCC(=O)OC(COC(=O)CCCCCCCCCCCCCCC/C=C\C/C=C\C/C=C\C/C=C\C/C=C\CC)COC(=O)CCCCCCCCCCCCCCCCC. The lowest BCUT2D eigenvalue weighted by Crippen LogP contribution is -2.30. The second-order valence-electron chi connectivity index (χ2n) is 22.7. The number of hydrogen-bond donors (Lipinski definition) is 0. The van der Waals surface area contributed by atoms with Crippen molar-refractivity contribution in [2.75, 3.05) is 13.2 Å². The van der Waals surface area contributed by atoms with Crippen molar-refractivity contribution in [3.05, 3.63) is 134 Å². The summed E-state index contributed by atoms with van der Waals surface area (Å²) < 4.78 is 16.9. The van der Waals surface area contributed by atoms with Gasteiger partial charge in [0.05, 0.1) is 0 Å². The maximum Gasteiger partial charge on any atom is 0.306 e. The van der Waals surface area contributed by atoms with Gasteiger partial charge in [0.2, 0.25) is 0 Å². The zero-order valence-corrected chi connectivity index (χ0v) is 54.2. The Morgan fingerprint density at radius 2 is 0.470 bits per heavy atom. The van der Waals surface area contributed by atoms with Crippen LogP contribution in [-0.4, -0.2) is 37.2 Å². The van der Waals surface area contributed by atoms with E-state index in [0.29, 0.717) is 19.3 Å². The van der Waals surface area contributed by atoms with Crippen molar-refractivity contribution >= 4 is 17.9 Å². The Morgan fingerprint density at radius 3 is 0.759 bits per heavy atom. The summed E-state index contributed by atoms with van der Waals surface area (Å²) in [5, 5.41) is 0. The van der Waals surface area contributed by atoms with E-state index in [4.69, 9.17) is 14.2 Å². The van der Waals surface area contributed by atoms with E-state index in [1.54, 1.807) is 0 Å². The first-order valence-corrected chi connectivity index (χ1v) is 34.7. The Labute approximate surface area is 513 Å². The molecule has 0 aromatic heterocycles. The molecule has 0 aromatic carbocycles. The quantitative estimate of drug-likeness (QED) is 0.0261. The van der Waals surface area contributed by atoms with Gasteiger partial charge in [0.15, 0.2) is 6.10 Å². The molecule has 0 radical (unpaired) electrons. The highest BCUT2D eigenvalue weighted by atomic mass is 16.6. The first-order chi connectivity index (χ1) is 41.0. The second kappa shape index (κ2) is 70.0. The van der Waals surface area contributed by atoms with Gasteiger partial charge in [-0.25, -0.2) is 0 Å². The summed E-state index contributed by atoms with van der Waals surface area (Å²) in [5.41, 5.74) is 0. The summed E-state index contributed by atoms with van der Waals surface area (Å²) in [4.78, 5) is 38.4. The fourth-order valence-electron chi connectivity index (χ4n) is 9.53. The molecule has 0 N–H and O–H groups in total. The molecule has 0 bridgehead atoms. The second-order valence-corrected chi connectivity index (χ2v) is 22.7. The summed E-state index contributed by atoms with van der Waals surface area (Å²) >= 11 is 0. The van der Waals surface area contributed by atoms with E-state index in [1.165, 1.54) is 148 Å². The summed E-state index contributed by atoms with van der Waals surface area (Å²) in [6.07, 6.45) is 99.0. The van der Waals surface area contributed by atoms with Gasteiger partial charge in [-0.15, -0.1) is 0 Å². The molecule has 0 saturated carbocycles. The van der Waals surface area contributed by atoms with Crippen LogP contribution in [-0.2, 0) is 28.6 Å². The van der Waals surface area contributed by atoms with Crippen LogP contribution in [0.4, 0.5) is 0 Å². The van der Waals surface area contributed by atoms with E-state index < -0.39 is 6.10 Å². The van der Waals surface area contributed by atoms with Crippen molar-refractivity contribution in [3.8, 4) is 0 Å². The molecule has 0 aliphatic carbocycles. The van der Waals surface area contributed by atoms with E-state index in [9.17, 15) is 14.4 Å². The predicted octanol–water partition coefficient (Wildman–Crippen LogP) is 24.1. The van der Waals surface area contributed by atoms with Crippen LogP contribution in [0.15, 0.2) is 134 Å². The molecule has 0 aliphatic heterocycles. The molecule has 6 heteroatoms. The Hall–Kier alpha value is -4.45. The normalized spacial score (nSPS) is 13.0. The highest BCUT2D eigenvalue weighted by Gasteiger charge is 2.19. The number of ether oxygens (including phenoxy) is 3. The van der Waals surface area contributed by atoms with Crippen molar-refractivity contribution < 1.29 is 28.6 Å². The lowest BCUT2D eigenvalue weighted by atomic mass is 10.0. The summed E-state index contributed by atoms with van der Waals surface area (Å²) in [7, 11) is 0. The molecule has 0 aliphatic rings. The van der Waals surface area contributed by atoms with Crippen LogP contribution < -0.4 is 0 Å². The topological polar surface area (TPSA) is 78.9 Å². The van der Waals surface area contributed by atoms with Gasteiger partial charge in [-0.1, -0.05) is 315 Å². The molecule has 472 valence electrons. The van der Waals surface area contributed by atoms with Gasteiger partial charge < -0.3 is 14.2 Å². The van der Waals surface area contributed by atoms with Crippen molar-refractivity contribution in [2.24, 2.45) is 0 Å². The molecular formula is C77H128O6. The van der Waals surface area contributed by atoms with Crippen LogP contribution in [0, 0.1) is 0 Å². The van der Waals surface area contributed by atoms with Crippen molar-refractivity contribution in [2.45, 2.75) is 322 Å². The Bertz CT molecular complexity index is 1750. The predicted molar refractivity (Wildman–Crippen MR) is 362 cm³/mol. The van der Waals surface area contributed by atoms with Crippen molar-refractivity contribution in [1.82, 2.24) is 0 Å². The molecule has 0 spiro atoms. The number of hydrogen-bond acceptors (Lipinski definition) is 6. The van der Waals surface area contributed by atoms with Crippen LogP contribution in [0.5, 0.6) is 0 Å². The average Bonchev–Trinajstić information content (AvgIpc) is 3.49. The minimum Gasteiger partial charge on any atom is -0.462 e. The highest BCUT2D eigenvalue weighted by Crippen LogP contribution is 2.17.